The van der Waals surface area contributed by atoms with E-state index in [1.54, 1.807) is 24.4 Å². The highest BCUT2D eigenvalue weighted by Crippen LogP contribution is 2.31. The summed E-state index contributed by atoms with van der Waals surface area (Å²) in [6, 6.07) is 14.7. The average molecular weight is 383 g/mol. The molecule has 1 amide bonds. The molecule has 1 heterocycles. The zero-order chi connectivity index (χ0) is 19.4. The minimum Gasteiger partial charge on any atom is -0.495 e. The topological polar surface area (TPSA) is 67.3 Å². The first-order valence-corrected chi connectivity index (χ1v) is 8.64. The Morgan fingerprint density at radius 2 is 1.93 bits per heavy atom. The number of aromatic nitrogens is 2. The number of amides is 1. The molecule has 1 aromatic heterocycles. The highest BCUT2D eigenvalue weighted by atomic mass is 35.5. The van der Waals surface area contributed by atoms with E-state index < -0.39 is 0 Å². The number of anilines is 3. The predicted molar refractivity (Wildman–Crippen MR) is 107 cm³/mol. The second-order valence-electron chi connectivity index (χ2n) is 5.89. The zero-order valence-corrected chi connectivity index (χ0v) is 16.0. The lowest BCUT2D eigenvalue weighted by molar-refractivity contribution is 0.102. The minimum atomic E-state index is -0.361. The lowest BCUT2D eigenvalue weighted by atomic mass is 10.2. The largest absolute Gasteiger partial charge is 0.495 e. The molecule has 0 aliphatic heterocycles. The first kappa shape index (κ1) is 18.7. The molecule has 2 aromatic carbocycles. The first-order valence-electron chi connectivity index (χ1n) is 8.27. The lowest BCUT2D eigenvalue weighted by Gasteiger charge is -2.17. The molecule has 6 nitrogen and oxygen atoms in total. The summed E-state index contributed by atoms with van der Waals surface area (Å²) in [5, 5.41) is 3.39. The number of methoxy groups -OCH3 is 1. The second-order valence-corrected chi connectivity index (χ2v) is 6.30. The van der Waals surface area contributed by atoms with Gasteiger partial charge in [0.1, 0.15) is 11.4 Å². The molecule has 0 aliphatic carbocycles. The van der Waals surface area contributed by atoms with E-state index in [0.29, 0.717) is 22.4 Å². The number of halogens is 1. The molecule has 0 radical (unpaired) electrons. The number of aryl methyl sites for hydroxylation is 1. The number of para-hydroxylation sites is 1. The smallest absolute Gasteiger partial charge is 0.274 e. The number of rotatable bonds is 5. The van der Waals surface area contributed by atoms with Gasteiger partial charge in [0.25, 0.3) is 5.91 Å². The quantitative estimate of drug-likeness (QED) is 0.705. The van der Waals surface area contributed by atoms with Crippen LogP contribution in [-0.2, 0) is 0 Å². The van der Waals surface area contributed by atoms with Crippen molar-refractivity contribution in [1.82, 2.24) is 9.97 Å². The molecule has 0 spiro atoms. The first-order chi connectivity index (χ1) is 13.0. The van der Waals surface area contributed by atoms with Crippen molar-refractivity contribution in [2.75, 3.05) is 24.4 Å². The normalized spacial score (nSPS) is 10.4. The van der Waals surface area contributed by atoms with E-state index in [9.17, 15) is 4.79 Å². The summed E-state index contributed by atoms with van der Waals surface area (Å²) in [5.74, 6) is 0.544. The summed E-state index contributed by atoms with van der Waals surface area (Å²) in [6.45, 7) is 1.86. The minimum absolute atomic E-state index is 0.248. The number of ether oxygens (including phenoxy) is 1. The Morgan fingerprint density at radius 1 is 1.19 bits per heavy atom. The predicted octanol–water partition coefficient (Wildman–Crippen LogP) is 4.47. The molecule has 0 aliphatic rings. The van der Waals surface area contributed by atoms with Gasteiger partial charge in [0, 0.05) is 30.0 Å². The fourth-order valence-corrected chi connectivity index (χ4v) is 2.67. The maximum Gasteiger partial charge on any atom is 0.274 e. The van der Waals surface area contributed by atoms with Gasteiger partial charge in [-0.2, -0.15) is 0 Å². The number of nitrogens with one attached hydrogen (secondary N) is 1. The maximum atomic E-state index is 12.7. The molecule has 0 atom stereocenters. The number of nitrogens with zero attached hydrogens (tertiary/aromatic N) is 3. The van der Waals surface area contributed by atoms with Gasteiger partial charge in [0.2, 0.25) is 5.95 Å². The van der Waals surface area contributed by atoms with Crippen LogP contribution in [0.2, 0.25) is 5.02 Å². The molecule has 27 heavy (non-hydrogen) atoms. The molecule has 0 saturated heterocycles. The summed E-state index contributed by atoms with van der Waals surface area (Å²) < 4.78 is 5.30. The fourth-order valence-electron chi connectivity index (χ4n) is 2.52. The van der Waals surface area contributed by atoms with Gasteiger partial charge in [-0.05, 0) is 36.8 Å². The van der Waals surface area contributed by atoms with Crippen LogP contribution in [0, 0.1) is 6.92 Å². The third kappa shape index (κ3) is 4.17. The van der Waals surface area contributed by atoms with E-state index in [2.05, 4.69) is 15.3 Å². The highest BCUT2D eigenvalue weighted by molar-refractivity contribution is 6.31. The van der Waals surface area contributed by atoms with Crippen LogP contribution in [0.15, 0.2) is 54.7 Å². The Kier molecular flexibility index (Phi) is 5.57. The van der Waals surface area contributed by atoms with E-state index in [-0.39, 0.29) is 11.6 Å². The third-order valence-corrected chi connectivity index (χ3v) is 4.46. The molecule has 0 unspecified atom stereocenters. The van der Waals surface area contributed by atoms with Crippen molar-refractivity contribution in [3.8, 4) is 5.75 Å². The van der Waals surface area contributed by atoms with Crippen molar-refractivity contribution in [2.24, 2.45) is 0 Å². The maximum absolute atomic E-state index is 12.7. The second kappa shape index (κ2) is 8.05. The standard InChI is InChI=1S/C20H19ClN4O2/c1-13-11-17(18(27-3)12-15(13)21)23-19(26)16-9-10-22-20(24-16)25(2)14-7-5-4-6-8-14/h4-12H,1-3H3,(H,23,26). The Hall–Kier alpha value is -3.12. The summed E-state index contributed by atoms with van der Waals surface area (Å²) in [6.07, 6.45) is 1.56. The van der Waals surface area contributed by atoms with Gasteiger partial charge in [0.15, 0.2) is 0 Å². The molecule has 0 fully saturated rings. The molecule has 1 N–H and O–H groups in total. The molecule has 7 heteroatoms. The van der Waals surface area contributed by atoms with E-state index in [0.717, 1.165) is 11.3 Å². The molecule has 3 rings (SSSR count). The van der Waals surface area contributed by atoms with Crippen LogP contribution in [0.25, 0.3) is 0 Å². The molecule has 138 valence electrons. The molecular weight excluding hydrogens is 364 g/mol. The van der Waals surface area contributed by atoms with Gasteiger partial charge < -0.3 is 15.0 Å². The van der Waals surface area contributed by atoms with Crippen molar-refractivity contribution < 1.29 is 9.53 Å². The number of hydrogen-bond donors (Lipinski definition) is 1. The molecular formula is C20H19ClN4O2. The van der Waals surface area contributed by atoms with Gasteiger partial charge in [-0.1, -0.05) is 29.8 Å². The van der Waals surface area contributed by atoms with Crippen molar-refractivity contribution in [2.45, 2.75) is 6.92 Å². The number of hydrogen-bond acceptors (Lipinski definition) is 5. The van der Waals surface area contributed by atoms with Crippen LogP contribution >= 0.6 is 11.6 Å². The Bertz CT molecular complexity index is 963. The van der Waals surface area contributed by atoms with E-state index in [4.69, 9.17) is 16.3 Å². The van der Waals surface area contributed by atoms with Gasteiger partial charge >= 0.3 is 0 Å². The fraction of sp³-hybridized carbons (Fsp3) is 0.150. The van der Waals surface area contributed by atoms with Crippen LogP contribution in [0.4, 0.5) is 17.3 Å². The summed E-state index contributed by atoms with van der Waals surface area (Å²) in [5.41, 5.74) is 2.53. The molecule has 0 saturated carbocycles. The lowest BCUT2D eigenvalue weighted by Crippen LogP contribution is -2.18. The van der Waals surface area contributed by atoms with Crippen LogP contribution in [0.3, 0.4) is 0 Å². The van der Waals surface area contributed by atoms with Gasteiger partial charge in [-0.3, -0.25) is 4.79 Å². The third-order valence-electron chi connectivity index (χ3n) is 4.05. The van der Waals surface area contributed by atoms with E-state index in [1.807, 2.05) is 49.2 Å². The molecule has 0 bridgehead atoms. The number of carbonyl (C=O) groups is 1. The average Bonchev–Trinajstić information content (AvgIpc) is 2.70. The Morgan fingerprint density at radius 3 is 2.63 bits per heavy atom. The Balaban J connectivity index is 1.85. The van der Waals surface area contributed by atoms with Crippen molar-refractivity contribution in [1.29, 1.82) is 0 Å². The van der Waals surface area contributed by atoms with E-state index in [1.165, 1.54) is 7.11 Å². The molecule has 3 aromatic rings. The van der Waals surface area contributed by atoms with Crippen molar-refractivity contribution >= 4 is 34.8 Å². The van der Waals surface area contributed by atoms with Crippen LogP contribution < -0.4 is 15.0 Å². The van der Waals surface area contributed by atoms with Crippen LogP contribution in [0.1, 0.15) is 16.1 Å². The highest BCUT2D eigenvalue weighted by Gasteiger charge is 2.15. The summed E-state index contributed by atoms with van der Waals surface area (Å²) in [4.78, 5) is 23.1. The summed E-state index contributed by atoms with van der Waals surface area (Å²) >= 11 is 6.11. The van der Waals surface area contributed by atoms with E-state index >= 15 is 0 Å². The number of carbonyl (C=O) groups excluding carboxylic acids is 1. The van der Waals surface area contributed by atoms with Gasteiger partial charge in [-0.25, -0.2) is 9.97 Å². The summed E-state index contributed by atoms with van der Waals surface area (Å²) in [7, 11) is 3.37. The van der Waals surface area contributed by atoms with Crippen LogP contribution in [0.5, 0.6) is 5.75 Å². The van der Waals surface area contributed by atoms with Crippen LogP contribution in [-0.4, -0.2) is 30.0 Å². The van der Waals surface area contributed by atoms with Gasteiger partial charge in [-0.15, -0.1) is 0 Å². The van der Waals surface area contributed by atoms with Crippen molar-refractivity contribution in [3.05, 3.63) is 71.0 Å². The monoisotopic (exact) mass is 382 g/mol. The number of benzene rings is 2. The zero-order valence-electron chi connectivity index (χ0n) is 15.2. The van der Waals surface area contributed by atoms with Crippen molar-refractivity contribution in [3.63, 3.8) is 0 Å². The Labute approximate surface area is 162 Å². The SMILES string of the molecule is COc1cc(Cl)c(C)cc1NC(=O)c1ccnc(N(C)c2ccccc2)n1. The van der Waals surface area contributed by atoms with Gasteiger partial charge in [0.05, 0.1) is 12.8 Å².